The Morgan fingerprint density at radius 1 is 1.28 bits per heavy atom. The molecule has 2 aliphatic rings. The Bertz CT molecular complexity index is 343. The summed E-state index contributed by atoms with van der Waals surface area (Å²) in [5.41, 5.74) is 0. The summed E-state index contributed by atoms with van der Waals surface area (Å²) in [6.45, 7) is 1.60. The zero-order valence-corrected chi connectivity index (χ0v) is 10.7. The van der Waals surface area contributed by atoms with Crippen LogP contribution in [0, 0.1) is 11.8 Å². The van der Waals surface area contributed by atoms with Crippen LogP contribution in [0.25, 0.3) is 0 Å². The molecule has 100 valence electrons. The highest BCUT2D eigenvalue weighted by molar-refractivity contribution is 5.79. The van der Waals surface area contributed by atoms with Crippen LogP contribution in [0.5, 0.6) is 0 Å². The van der Waals surface area contributed by atoms with Gasteiger partial charge in [-0.25, -0.2) is 0 Å². The predicted octanol–water partition coefficient (Wildman–Crippen LogP) is 2.06. The molecule has 1 N–H and O–H groups in total. The van der Waals surface area contributed by atoms with Crippen LogP contribution >= 0.6 is 0 Å². The molecule has 1 unspecified atom stereocenters. The van der Waals surface area contributed by atoms with E-state index in [1.165, 1.54) is 0 Å². The van der Waals surface area contributed by atoms with E-state index in [4.69, 9.17) is 5.11 Å². The van der Waals surface area contributed by atoms with Crippen molar-refractivity contribution < 1.29 is 14.7 Å². The number of nitrogens with zero attached hydrogens (tertiary/aromatic N) is 1. The lowest BCUT2D eigenvalue weighted by Crippen LogP contribution is -2.42. The third-order valence-corrected chi connectivity index (χ3v) is 3.95. The highest BCUT2D eigenvalue weighted by Crippen LogP contribution is 2.26. The van der Waals surface area contributed by atoms with Gasteiger partial charge in [0, 0.05) is 25.4 Å². The van der Waals surface area contributed by atoms with Crippen molar-refractivity contribution in [3.8, 4) is 0 Å². The SMILES string of the molecule is O=C(O)CCC1CCCN(C(=O)C2CC=CC2)C1. The van der Waals surface area contributed by atoms with E-state index in [9.17, 15) is 9.59 Å². The van der Waals surface area contributed by atoms with Gasteiger partial charge in [0.2, 0.25) is 5.91 Å². The summed E-state index contributed by atoms with van der Waals surface area (Å²) in [4.78, 5) is 24.8. The summed E-state index contributed by atoms with van der Waals surface area (Å²) in [7, 11) is 0. The van der Waals surface area contributed by atoms with Crippen molar-refractivity contribution in [1.82, 2.24) is 4.90 Å². The van der Waals surface area contributed by atoms with E-state index in [-0.39, 0.29) is 18.2 Å². The Labute approximate surface area is 108 Å². The molecular formula is C14H21NO3. The van der Waals surface area contributed by atoms with Crippen molar-refractivity contribution in [2.45, 2.75) is 38.5 Å². The summed E-state index contributed by atoms with van der Waals surface area (Å²) in [6, 6.07) is 0. The first kappa shape index (κ1) is 13.1. The number of likely N-dealkylation sites (tertiary alicyclic amines) is 1. The number of carboxylic acids is 1. The Kier molecular flexibility index (Phi) is 4.39. The van der Waals surface area contributed by atoms with Crippen molar-refractivity contribution in [1.29, 1.82) is 0 Å². The highest BCUT2D eigenvalue weighted by Gasteiger charge is 2.29. The fourth-order valence-corrected chi connectivity index (χ4v) is 2.91. The van der Waals surface area contributed by atoms with Gasteiger partial charge in [0.25, 0.3) is 0 Å². The largest absolute Gasteiger partial charge is 0.481 e. The maximum absolute atomic E-state index is 12.3. The lowest BCUT2D eigenvalue weighted by molar-refractivity contribution is -0.138. The van der Waals surface area contributed by atoms with Gasteiger partial charge in [-0.15, -0.1) is 0 Å². The molecule has 4 heteroatoms. The van der Waals surface area contributed by atoms with Crippen LogP contribution < -0.4 is 0 Å². The number of carbonyl (C=O) groups is 2. The van der Waals surface area contributed by atoms with Gasteiger partial charge < -0.3 is 10.0 Å². The van der Waals surface area contributed by atoms with Gasteiger partial charge in [-0.3, -0.25) is 9.59 Å². The van der Waals surface area contributed by atoms with Crippen molar-refractivity contribution in [3.05, 3.63) is 12.2 Å². The minimum Gasteiger partial charge on any atom is -0.481 e. The molecule has 2 rings (SSSR count). The van der Waals surface area contributed by atoms with Crippen molar-refractivity contribution in [3.63, 3.8) is 0 Å². The average Bonchev–Trinajstić information content (AvgIpc) is 2.89. The Hall–Kier alpha value is -1.32. The molecule has 1 aliphatic heterocycles. The fraction of sp³-hybridized carbons (Fsp3) is 0.714. The second kappa shape index (κ2) is 6.03. The Morgan fingerprint density at radius 2 is 2.00 bits per heavy atom. The topological polar surface area (TPSA) is 57.6 Å². The molecule has 0 radical (unpaired) electrons. The molecule has 18 heavy (non-hydrogen) atoms. The van der Waals surface area contributed by atoms with E-state index in [1.807, 2.05) is 4.90 Å². The maximum atomic E-state index is 12.3. The van der Waals surface area contributed by atoms with Crippen LogP contribution in [0.2, 0.25) is 0 Å². The number of carbonyl (C=O) groups excluding carboxylic acids is 1. The minimum absolute atomic E-state index is 0.142. The lowest BCUT2D eigenvalue weighted by atomic mass is 9.92. The smallest absolute Gasteiger partial charge is 0.303 e. The molecule has 1 saturated heterocycles. The third-order valence-electron chi connectivity index (χ3n) is 3.95. The van der Waals surface area contributed by atoms with Crippen molar-refractivity contribution in [2.75, 3.05) is 13.1 Å². The van der Waals surface area contributed by atoms with E-state index in [2.05, 4.69) is 12.2 Å². The quantitative estimate of drug-likeness (QED) is 0.778. The molecule has 0 aromatic rings. The first-order valence-electron chi connectivity index (χ1n) is 6.82. The predicted molar refractivity (Wildman–Crippen MR) is 68.0 cm³/mol. The van der Waals surface area contributed by atoms with Gasteiger partial charge in [0.1, 0.15) is 0 Å². The van der Waals surface area contributed by atoms with E-state index in [1.54, 1.807) is 0 Å². The number of carboxylic acid groups (broad SMARTS) is 1. The molecule has 0 spiro atoms. The number of allylic oxidation sites excluding steroid dienone is 2. The third kappa shape index (κ3) is 3.34. The van der Waals surface area contributed by atoms with E-state index in [0.717, 1.165) is 38.8 Å². The van der Waals surface area contributed by atoms with Gasteiger partial charge >= 0.3 is 5.97 Å². The first-order chi connectivity index (χ1) is 8.66. The monoisotopic (exact) mass is 251 g/mol. The molecule has 0 aromatic carbocycles. The second-order valence-electron chi connectivity index (χ2n) is 5.36. The average molecular weight is 251 g/mol. The summed E-state index contributed by atoms with van der Waals surface area (Å²) in [6.07, 6.45) is 8.88. The van der Waals surface area contributed by atoms with Gasteiger partial charge in [0.15, 0.2) is 0 Å². The number of hydrogen-bond acceptors (Lipinski definition) is 2. The normalized spacial score (nSPS) is 24.4. The number of rotatable bonds is 4. The molecule has 0 aromatic heterocycles. The summed E-state index contributed by atoms with van der Waals surface area (Å²) in [5, 5.41) is 8.70. The van der Waals surface area contributed by atoms with Gasteiger partial charge in [0.05, 0.1) is 0 Å². The van der Waals surface area contributed by atoms with Crippen LogP contribution in [0.3, 0.4) is 0 Å². The summed E-state index contributed by atoms with van der Waals surface area (Å²) >= 11 is 0. The molecule has 4 nitrogen and oxygen atoms in total. The van der Waals surface area contributed by atoms with Crippen molar-refractivity contribution >= 4 is 11.9 Å². The molecular weight excluding hydrogens is 230 g/mol. The standard InChI is InChI=1S/C14H21NO3/c16-13(17)8-7-11-4-3-9-15(10-11)14(18)12-5-1-2-6-12/h1-2,11-12H,3-10H2,(H,16,17). The number of aliphatic carboxylic acids is 1. The van der Waals surface area contributed by atoms with Gasteiger partial charge in [-0.1, -0.05) is 12.2 Å². The highest BCUT2D eigenvalue weighted by atomic mass is 16.4. The van der Waals surface area contributed by atoms with Crippen LogP contribution in [0.15, 0.2) is 12.2 Å². The molecule has 1 atom stereocenters. The van der Waals surface area contributed by atoms with Crippen LogP contribution in [-0.4, -0.2) is 35.0 Å². The first-order valence-corrected chi connectivity index (χ1v) is 6.82. The molecule has 1 aliphatic carbocycles. The van der Waals surface area contributed by atoms with Gasteiger partial charge in [-0.05, 0) is 38.0 Å². The second-order valence-corrected chi connectivity index (χ2v) is 5.36. The van der Waals surface area contributed by atoms with E-state index < -0.39 is 5.97 Å². The van der Waals surface area contributed by atoms with Crippen LogP contribution in [-0.2, 0) is 9.59 Å². The molecule has 0 saturated carbocycles. The molecule has 1 fully saturated rings. The molecule has 0 bridgehead atoms. The van der Waals surface area contributed by atoms with Crippen LogP contribution in [0.4, 0.5) is 0 Å². The molecule has 1 heterocycles. The van der Waals surface area contributed by atoms with E-state index >= 15 is 0 Å². The zero-order chi connectivity index (χ0) is 13.0. The van der Waals surface area contributed by atoms with Crippen molar-refractivity contribution in [2.24, 2.45) is 11.8 Å². The Morgan fingerprint density at radius 3 is 2.67 bits per heavy atom. The number of piperidine rings is 1. The van der Waals surface area contributed by atoms with Crippen LogP contribution in [0.1, 0.15) is 38.5 Å². The lowest BCUT2D eigenvalue weighted by Gasteiger charge is -2.34. The summed E-state index contributed by atoms with van der Waals surface area (Å²) in [5.74, 6) is 0.0369. The fourth-order valence-electron chi connectivity index (χ4n) is 2.91. The Balaban J connectivity index is 1.82. The van der Waals surface area contributed by atoms with E-state index in [0.29, 0.717) is 12.3 Å². The van der Waals surface area contributed by atoms with Gasteiger partial charge in [-0.2, -0.15) is 0 Å². The maximum Gasteiger partial charge on any atom is 0.303 e. The number of hydrogen-bond donors (Lipinski definition) is 1. The number of amides is 1. The summed E-state index contributed by atoms with van der Waals surface area (Å²) < 4.78 is 0. The zero-order valence-electron chi connectivity index (χ0n) is 10.7. The minimum atomic E-state index is -0.738. The molecule has 1 amide bonds.